The number of carbonyl (C=O) groups is 1. The summed E-state index contributed by atoms with van der Waals surface area (Å²) in [6, 6.07) is 8.54. The van der Waals surface area contributed by atoms with E-state index in [1.54, 1.807) is 30.3 Å². The van der Waals surface area contributed by atoms with Crippen molar-refractivity contribution < 1.29 is 27.8 Å². The molecule has 0 radical (unpaired) electrons. The van der Waals surface area contributed by atoms with Crippen molar-refractivity contribution in [3.63, 3.8) is 0 Å². The lowest BCUT2D eigenvalue weighted by Gasteiger charge is -2.13. The first-order valence-corrected chi connectivity index (χ1v) is 4.84. The molecule has 0 aliphatic rings. The van der Waals surface area contributed by atoms with E-state index >= 15 is 0 Å². The Bertz CT molecular complexity index is 362. The lowest BCUT2D eigenvalue weighted by molar-refractivity contribution is -0.209. The second-order valence-corrected chi connectivity index (χ2v) is 3.41. The molecule has 0 spiro atoms. The van der Waals surface area contributed by atoms with Crippen LogP contribution in [0.5, 0.6) is 0 Å². The van der Waals surface area contributed by atoms with E-state index in [9.17, 15) is 18.0 Å². The third kappa shape index (κ3) is 4.86. The first kappa shape index (κ1) is 13.5. The summed E-state index contributed by atoms with van der Waals surface area (Å²) in [4.78, 5) is 11.0. The van der Waals surface area contributed by atoms with E-state index in [1.165, 1.54) is 0 Å². The number of hydrogen-bond donors (Lipinski definition) is 1. The van der Waals surface area contributed by atoms with E-state index in [2.05, 4.69) is 4.74 Å². The first-order valence-electron chi connectivity index (χ1n) is 4.84. The van der Waals surface area contributed by atoms with Crippen LogP contribution in [-0.2, 0) is 16.1 Å². The molecule has 0 heterocycles. The van der Waals surface area contributed by atoms with Gasteiger partial charge in [0.05, 0.1) is 6.42 Å². The standard InChI is InChI=1S/C11H11F3O3/c12-11(13,14)9(15)6-10(16)17-7-8-4-2-1-3-5-8/h1-5,9,15H,6-7H2/t9-/m0/s1. The van der Waals surface area contributed by atoms with Crippen LogP contribution in [0.1, 0.15) is 12.0 Å². The van der Waals surface area contributed by atoms with Crippen molar-refractivity contribution in [1.82, 2.24) is 0 Å². The van der Waals surface area contributed by atoms with Gasteiger partial charge in [0.1, 0.15) is 6.61 Å². The molecule has 94 valence electrons. The van der Waals surface area contributed by atoms with Crippen LogP contribution in [0.2, 0.25) is 0 Å². The topological polar surface area (TPSA) is 46.5 Å². The minimum Gasteiger partial charge on any atom is -0.461 e. The van der Waals surface area contributed by atoms with Gasteiger partial charge in [0, 0.05) is 0 Å². The molecule has 1 aromatic rings. The van der Waals surface area contributed by atoms with E-state index in [0.717, 1.165) is 0 Å². The van der Waals surface area contributed by atoms with Crippen molar-refractivity contribution in [2.45, 2.75) is 25.3 Å². The van der Waals surface area contributed by atoms with Gasteiger partial charge in [-0.1, -0.05) is 30.3 Å². The Labute approximate surface area is 95.8 Å². The number of halogens is 3. The maximum absolute atomic E-state index is 11.9. The first-order chi connectivity index (χ1) is 7.89. The Morgan fingerprint density at radius 3 is 2.41 bits per heavy atom. The van der Waals surface area contributed by atoms with Gasteiger partial charge < -0.3 is 9.84 Å². The van der Waals surface area contributed by atoms with Crippen LogP contribution in [0.25, 0.3) is 0 Å². The monoisotopic (exact) mass is 248 g/mol. The zero-order valence-corrected chi connectivity index (χ0v) is 8.78. The molecule has 3 nitrogen and oxygen atoms in total. The van der Waals surface area contributed by atoms with Gasteiger partial charge in [-0.2, -0.15) is 13.2 Å². The number of ether oxygens (including phenoxy) is 1. The number of aliphatic hydroxyl groups excluding tert-OH is 1. The second kappa shape index (κ2) is 5.67. The normalized spacial score (nSPS) is 13.2. The molecule has 0 aliphatic heterocycles. The molecule has 0 amide bonds. The van der Waals surface area contributed by atoms with Gasteiger partial charge in [0.25, 0.3) is 0 Å². The fourth-order valence-electron chi connectivity index (χ4n) is 1.07. The van der Waals surface area contributed by atoms with E-state index in [-0.39, 0.29) is 6.61 Å². The molecule has 0 bridgehead atoms. The zero-order valence-electron chi connectivity index (χ0n) is 8.78. The fourth-order valence-corrected chi connectivity index (χ4v) is 1.07. The smallest absolute Gasteiger partial charge is 0.414 e. The van der Waals surface area contributed by atoms with E-state index in [1.807, 2.05) is 0 Å². The molecule has 0 aliphatic carbocycles. The van der Waals surface area contributed by atoms with E-state index in [0.29, 0.717) is 5.56 Å². The molecule has 1 atom stereocenters. The zero-order chi connectivity index (χ0) is 12.9. The van der Waals surface area contributed by atoms with Crippen LogP contribution >= 0.6 is 0 Å². The van der Waals surface area contributed by atoms with Crippen molar-refractivity contribution in [2.24, 2.45) is 0 Å². The van der Waals surface area contributed by atoms with Crippen molar-refractivity contribution in [2.75, 3.05) is 0 Å². The van der Waals surface area contributed by atoms with Crippen molar-refractivity contribution >= 4 is 5.97 Å². The molecule has 17 heavy (non-hydrogen) atoms. The minimum absolute atomic E-state index is 0.107. The molecule has 0 saturated heterocycles. The molecule has 0 aromatic heterocycles. The molecule has 0 fully saturated rings. The predicted molar refractivity (Wildman–Crippen MR) is 52.9 cm³/mol. The summed E-state index contributed by atoms with van der Waals surface area (Å²) in [6.07, 6.45) is -8.56. The second-order valence-electron chi connectivity index (χ2n) is 3.41. The van der Waals surface area contributed by atoms with Gasteiger partial charge in [0.15, 0.2) is 6.10 Å². The lowest BCUT2D eigenvalue weighted by Crippen LogP contribution is -2.31. The van der Waals surface area contributed by atoms with Gasteiger partial charge in [-0.05, 0) is 5.56 Å². The summed E-state index contributed by atoms with van der Waals surface area (Å²) in [7, 11) is 0. The van der Waals surface area contributed by atoms with Crippen LogP contribution < -0.4 is 0 Å². The Morgan fingerprint density at radius 1 is 1.29 bits per heavy atom. The Hall–Kier alpha value is -1.56. The van der Waals surface area contributed by atoms with Gasteiger partial charge >= 0.3 is 12.1 Å². The van der Waals surface area contributed by atoms with Crippen LogP contribution in [0, 0.1) is 0 Å². The Balaban J connectivity index is 2.36. The summed E-state index contributed by atoms with van der Waals surface area (Å²) in [5.74, 6) is -1.08. The third-order valence-electron chi connectivity index (χ3n) is 1.98. The highest BCUT2D eigenvalue weighted by Crippen LogP contribution is 2.22. The Kier molecular flexibility index (Phi) is 4.51. The van der Waals surface area contributed by atoms with Gasteiger partial charge in [-0.15, -0.1) is 0 Å². The number of rotatable bonds is 4. The SMILES string of the molecule is O=C(C[C@H](O)C(F)(F)F)OCc1ccccc1. The molecule has 0 unspecified atom stereocenters. The largest absolute Gasteiger partial charge is 0.461 e. The average molecular weight is 248 g/mol. The van der Waals surface area contributed by atoms with E-state index < -0.39 is 24.7 Å². The number of carbonyl (C=O) groups excluding carboxylic acids is 1. The highest BCUT2D eigenvalue weighted by atomic mass is 19.4. The highest BCUT2D eigenvalue weighted by molar-refractivity contribution is 5.70. The van der Waals surface area contributed by atoms with Gasteiger partial charge in [-0.25, -0.2) is 0 Å². The quantitative estimate of drug-likeness (QED) is 0.829. The molecular formula is C11H11F3O3. The summed E-state index contributed by atoms with van der Waals surface area (Å²) in [5.41, 5.74) is 0.669. The number of benzene rings is 1. The molecule has 6 heteroatoms. The number of hydrogen-bond acceptors (Lipinski definition) is 3. The average Bonchev–Trinajstić information content (AvgIpc) is 2.26. The molecule has 0 saturated carbocycles. The maximum atomic E-state index is 11.9. The predicted octanol–water partition coefficient (Wildman–Crippen LogP) is 2.04. The van der Waals surface area contributed by atoms with Crippen LogP contribution in [0.15, 0.2) is 30.3 Å². The van der Waals surface area contributed by atoms with Crippen LogP contribution in [0.4, 0.5) is 13.2 Å². The van der Waals surface area contributed by atoms with Crippen molar-refractivity contribution in [1.29, 1.82) is 0 Å². The highest BCUT2D eigenvalue weighted by Gasteiger charge is 2.39. The maximum Gasteiger partial charge on any atom is 0.414 e. The van der Waals surface area contributed by atoms with Gasteiger partial charge in [0.2, 0.25) is 0 Å². The van der Waals surface area contributed by atoms with Crippen LogP contribution in [0.3, 0.4) is 0 Å². The molecular weight excluding hydrogens is 237 g/mol. The fraction of sp³-hybridized carbons (Fsp3) is 0.364. The number of esters is 1. The summed E-state index contributed by atoms with van der Waals surface area (Å²) >= 11 is 0. The Morgan fingerprint density at radius 2 is 1.88 bits per heavy atom. The lowest BCUT2D eigenvalue weighted by atomic mass is 10.2. The van der Waals surface area contributed by atoms with Crippen LogP contribution in [-0.4, -0.2) is 23.4 Å². The number of alkyl halides is 3. The number of aliphatic hydroxyl groups is 1. The minimum atomic E-state index is -4.80. The van der Waals surface area contributed by atoms with E-state index in [4.69, 9.17) is 5.11 Å². The summed E-state index contributed by atoms with van der Waals surface area (Å²) in [5, 5.41) is 8.63. The van der Waals surface area contributed by atoms with Gasteiger partial charge in [-0.3, -0.25) is 4.79 Å². The molecule has 1 N–H and O–H groups in total. The van der Waals surface area contributed by atoms with Crippen molar-refractivity contribution in [3.05, 3.63) is 35.9 Å². The third-order valence-corrected chi connectivity index (χ3v) is 1.98. The summed E-state index contributed by atoms with van der Waals surface area (Å²) in [6.45, 7) is -0.107. The molecule has 1 aromatic carbocycles. The summed E-state index contributed by atoms with van der Waals surface area (Å²) < 4.78 is 40.3. The van der Waals surface area contributed by atoms with Crippen molar-refractivity contribution in [3.8, 4) is 0 Å². The molecule has 1 rings (SSSR count).